The van der Waals surface area contributed by atoms with E-state index in [1.165, 1.54) is 11.3 Å². The van der Waals surface area contributed by atoms with Crippen LogP contribution < -0.4 is 10.6 Å². The van der Waals surface area contributed by atoms with Crippen LogP contribution in [0.1, 0.15) is 0 Å². The van der Waals surface area contributed by atoms with Crippen molar-refractivity contribution in [2.24, 2.45) is 4.99 Å². The van der Waals surface area contributed by atoms with Crippen LogP contribution in [-0.2, 0) is 0 Å². The second kappa shape index (κ2) is 5.03. The number of guanidine groups is 1. The van der Waals surface area contributed by atoms with Crippen LogP contribution in [0.5, 0.6) is 0 Å². The highest BCUT2D eigenvalue weighted by molar-refractivity contribution is 7.13. The molecular weight excluding hydrogens is 280 g/mol. The first kappa shape index (κ1) is 12.1. The average Bonchev–Trinajstić information content (AvgIpc) is 2.96. The molecule has 0 saturated heterocycles. The topological polar surface area (TPSA) is 49.3 Å². The first-order valence-electron chi connectivity index (χ1n) is 6.61. The van der Waals surface area contributed by atoms with Crippen molar-refractivity contribution in [1.82, 2.24) is 4.98 Å². The number of thiazole rings is 1. The van der Waals surface area contributed by atoms with Crippen LogP contribution in [0.2, 0.25) is 0 Å². The van der Waals surface area contributed by atoms with Gasteiger partial charge in [0, 0.05) is 34.1 Å². The molecule has 0 atom stereocenters. The van der Waals surface area contributed by atoms with Crippen LogP contribution >= 0.6 is 11.3 Å². The van der Waals surface area contributed by atoms with Crippen molar-refractivity contribution in [3.8, 4) is 11.1 Å². The van der Waals surface area contributed by atoms with E-state index in [2.05, 4.69) is 44.9 Å². The van der Waals surface area contributed by atoms with Crippen molar-refractivity contribution in [2.45, 2.75) is 0 Å². The highest BCUT2D eigenvalue weighted by atomic mass is 32.1. The number of aromatic nitrogens is 1. The van der Waals surface area contributed by atoms with Crippen LogP contribution in [0.4, 0.5) is 16.5 Å². The summed E-state index contributed by atoms with van der Waals surface area (Å²) >= 11 is 1.51. The predicted molar refractivity (Wildman–Crippen MR) is 88.3 cm³/mol. The molecular formula is C16H12N4S. The lowest BCUT2D eigenvalue weighted by molar-refractivity contribution is 1.35. The number of fused-ring (bicyclic) bond motifs is 3. The van der Waals surface area contributed by atoms with Gasteiger partial charge in [0.1, 0.15) is 0 Å². The van der Waals surface area contributed by atoms with E-state index in [1.807, 2.05) is 29.6 Å². The second-order valence-corrected chi connectivity index (χ2v) is 5.49. The molecule has 2 heterocycles. The molecule has 1 aromatic heterocycles. The van der Waals surface area contributed by atoms with Crippen molar-refractivity contribution in [2.75, 3.05) is 10.6 Å². The largest absolute Gasteiger partial charge is 0.325 e. The van der Waals surface area contributed by atoms with Crippen LogP contribution in [0.3, 0.4) is 0 Å². The van der Waals surface area contributed by atoms with Gasteiger partial charge in [-0.3, -0.25) is 0 Å². The van der Waals surface area contributed by atoms with Crippen LogP contribution in [0.15, 0.2) is 65.1 Å². The number of rotatable bonds is 1. The van der Waals surface area contributed by atoms with Crippen molar-refractivity contribution in [3.63, 3.8) is 0 Å². The van der Waals surface area contributed by atoms with Crippen LogP contribution in [0.25, 0.3) is 11.1 Å². The molecule has 4 nitrogen and oxygen atoms in total. The molecule has 2 aromatic carbocycles. The normalized spacial score (nSPS) is 12.5. The maximum Gasteiger partial charge on any atom is 0.212 e. The maximum atomic E-state index is 4.54. The molecule has 0 saturated carbocycles. The lowest BCUT2D eigenvalue weighted by Gasteiger charge is -2.08. The third-order valence-corrected chi connectivity index (χ3v) is 3.94. The summed E-state index contributed by atoms with van der Waals surface area (Å²) in [4.78, 5) is 8.74. The number of para-hydroxylation sites is 2. The van der Waals surface area contributed by atoms with E-state index in [4.69, 9.17) is 0 Å². The van der Waals surface area contributed by atoms with Gasteiger partial charge in [-0.15, -0.1) is 11.3 Å². The predicted octanol–water partition coefficient (Wildman–Crippen LogP) is 4.34. The number of hydrogen-bond acceptors (Lipinski definition) is 3. The molecule has 102 valence electrons. The third kappa shape index (κ3) is 2.28. The van der Waals surface area contributed by atoms with Gasteiger partial charge in [0.2, 0.25) is 11.1 Å². The van der Waals surface area contributed by atoms with Gasteiger partial charge < -0.3 is 10.6 Å². The molecule has 2 N–H and O–H groups in total. The summed E-state index contributed by atoms with van der Waals surface area (Å²) < 4.78 is 0. The van der Waals surface area contributed by atoms with Crippen LogP contribution in [0, 0.1) is 0 Å². The Labute approximate surface area is 126 Å². The van der Waals surface area contributed by atoms with Gasteiger partial charge >= 0.3 is 0 Å². The standard InChI is InChI=1S/C16H12N4S/c1-3-7-13-11(5-1)12-6-2-4-8-14(12)19-15(18-13)20-16-17-9-10-21-16/h1-10H,(H2,17,18,19,20). The number of benzene rings is 2. The van der Waals surface area contributed by atoms with Crippen molar-refractivity contribution in [1.29, 1.82) is 0 Å². The summed E-state index contributed by atoms with van der Waals surface area (Å²) in [6, 6.07) is 16.4. The molecule has 5 heteroatoms. The molecule has 0 amide bonds. The summed E-state index contributed by atoms with van der Waals surface area (Å²) in [7, 11) is 0. The Kier molecular flexibility index (Phi) is 2.90. The number of anilines is 2. The van der Waals surface area contributed by atoms with Gasteiger partial charge in [0.25, 0.3) is 0 Å². The molecule has 0 radical (unpaired) electrons. The van der Waals surface area contributed by atoms with E-state index < -0.39 is 0 Å². The molecule has 3 aromatic rings. The van der Waals surface area contributed by atoms with Crippen molar-refractivity contribution in [3.05, 3.63) is 60.1 Å². The van der Waals surface area contributed by atoms with E-state index in [-0.39, 0.29) is 0 Å². The molecule has 21 heavy (non-hydrogen) atoms. The number of nitrogens with zero attached hydrogens (tertiary/aromatic N) is 2. The zero-order valence-corrected chi connectivity index (χ0v) is 11.9. The maximum absolute atomic E-state index is 4.54. The molecule has 0 fully saturated rings. The van der Waals surface area contributed by atoms with Crippen molar-refractivity contribution < 1.29 is 0 Å². The first-order chi connectivity index (χ1) is 10.4. The Morgan fingerprint density at radius 1 is 0.857 bits per heavy atom. The van der Waals surface area contributed by atoms with E-state index in [9.17, 15) is 0 Å². The minimum Gasteiger partial charge on any atom is -0.325 e. The Morgan fingerprint density at radius 3 is 2.05 bits per heavy atom. The van der Waals surface area contributed by atoms with E-state index in [0.29, 0.717) is 5.96 Å². The number of hydrogen-bond donors (Lipinski definition) is 2. The van der Waals surface area contributed by atoms with Gasteiger partial charge in [-0.1, -0.05) is 36.4 Å². The quantitative estimate of drug-likeness (QED) is 0.701. The number of nitrogens with one attached hydrogen (secondary N) is 2. The fourth-order valence-corrected chi connectivity index (χ4v) is 2.87. The van der Waals surface area contributed by atoms with Gasteiger partial charge in [0.05, 0.1) is 0 Å². The summed E-state index contributed by atoms with van der Waals surface area (Å²) in [5, 5.41) is 9.34. The minimum atomic E-state index is 0.683. The van der Waals surface area contributed by atoms with E-state index >= 15 is 0 Å². The highest BCUT2D eigenvalue weighted by Gasteiger charge is 2.16. The molecule has 0 spiro atoms. The summed E-state index contributed by atoms with van der Waals surface area (Å²) in [6.45, 7) is 0. The van der Waals surface area contributed by atoms with Gasteiger partial charge in [0.15, 0.2) is 0 Å². The fourth-order valence-electron chi connectivity index (χ4n) is 2.36. The summed E-state index contributed by atoms with van der Waals surface area (Å²) in [5.41, 5.74) is 4.38. The van der Waals surface area contributed by atoms with E-state index in [0.717, 1.165) is 27.6 Å². The number of aliphatic imine (C=N–C) groups is 1. The summed E-state index contributed by atoms with van der Waals surface area (Å²) in [6.07, 6.45) is 1.75. The Balaban J connectivity index is 1.87. The molecule has 0 aliphatic carbocycles. The molecule has 0 bridgehead atoms. The van der Waals surface area contributed by atoms with Gasteiger partial charge in [-0.05, 0) is 12.1 Å². The van der Waals surface area contributed by atoms with Gasteiger partial charge in [-0.25, -0.2) is 4.98 Å². The molecule has 4 rings (SSSR count). The van der Waals surface area contributed by atoms with Crippen LogP contribution in [-0.4, -0.2) is 10.9 Å². The lowest BCUT2D eigenvalue weighted by Crippen LogP contribution is -2.20. The van der Waals surface area contributed by atoms with Gasteiger partial charge in [-0.2, -0.15) is 4.99 Å². The zero-order valence-electron chi connectivity index (χ0n) is 11.1. The highest BCUT2D eigenvalue weighted by Crippen LogP contribution is 2.36. The monoisotopic (exact) mass is 292 g/mol. The SMILES string of the molecule is c1ccc2c(c1)NC(=Nc1nccs1)Nc1ccccc1-2. The fraction of sp³-hybridized carbons (Fsp3) is 0. The molecule has 0 unspecified atom stereocenters. The minimum absolute atomic E-state index is 0.683. The van der Waals surface area contributed by atoms with E-state index in [1.54, 1.807) is 6.20 Å². The second-order valence-electron chi connectivity index (χ2n) is 4.62. The Morgan fingerprint density at radius 2 is 1.48 bits per heavy atom. The zero-order chi connectivity index (χ0) is 14.1. The lowest BCUT2D eigenvalue weighted by atomic mass is 10.0. The third-order valence-electron chi connectivity index (χ3n) is 3.28. The Bertz CT molecular complexity index is 759. The molecule has 1 aliphatic rings. The average molecular weight is 292 g/mol. The Hall–Kier alpha value is -2.66. The summed E-state index contributed by atoms with van der Waals surface area (Å²) in [5.74, 6) is 0.683. The smallest absolute Gasteiger partial charge is 0.212 e. The first-order valence-corrected chi connectivity index (χ1v) is 7.49. The molecule has 1 aliphatic heterocycles. The van der Waals surface area contributed by atoms with Crippen molar-refractivity contribution >= 4 is 33.8 Å².